The molecule has 4 aromatic rings. The van der Waals surface area contributed by atoms with Crippen molar-refractivity contribution in [2.45, 2.75) is 45.2 Å². The summed E-state index contributed by atoms with van der Waals surface area (Å²) in [6.45, 7) is 3.36. The van der Waals surface area contributed by atoms with Gasteiger partial charge < -0.3 is 20.7 Å². The Morgan fingerprint density at radius 2 is 1.85 bits per heavy atom. The Labute approximate surface area is 228 Å². The van der Waals surface area contributed by atoms with Crippen LogP contribution in [0, 0.1) is 6.92 Å². The number of hydrogen-bond donors (Lipinski definition) is 3. The van der Waals surface area contributed by atoms with E-state index >= 15 is 0 Å². The van der Waals surface area contributed by atoms with Crippen LogP contribution in [-0.2, 0) is 4.79 Å². The largest absolute Gasteiger partial charge is 0.439 e. The number of nitrogens with one attached hydrogen (secondary N) is 3. The SMILES string of the molecule is CC(=O)N[C@H]1CCC[C@H]1NC(=O)c1sc2nccc3c2c1NC(=O)N3c1cnc(Oc2ccccc2)cc1C. The van der Waals surface area contributed by atoms with E-state index in [9.17, 15) is 14.4 Å². The summed E-state index contributed by atoms with van der Waals surface area (Å²) in [5, 5.41) is 9.60. The van der Waals surface area contributed by atoms with E-state index in [1.165, 1.54) is 18.3 Å². The van der Waals surface area contributed by atoms with E-state index in [0.717, 1.165) is 24.8 Å². The Kier molecular flexibility index (Phi) is 6.35. The number of anilines is 3. The van der Waals surface area contributed by atoms with Crippen LogP contribution in [0.15, 0.2) is 54.9 Å². The van der Waals surface area contributed by atoms with Gasteiger partial charge in [-0.1, -0.05) is 18.2 Å². The van der Waals surface area contributed by atoms with Crippen molar-refractivity contribution in [3.8, 4) is 11.6 Å². The topological polar surface area (TPSA) is 126 Å². The smallest absolute Gasteiger partial charge is 0.331 e. The van der Waals surface area contributed by atoms with Gasteiger partial charge >= 0.3 is 6.03 Å². The third-order valence-corrected chi connectivity index (χ3v) is 8.03. The quantitative estimate of drug-likeness (QED) is 0.305. The van der Waals surface area contributed by atoms with Crippen LogP contribution < -0.4 is 25.6 Å². The lowest BCUT2D eigenvalue weighted by Gasteiger charge is -2.29. The number of amides is 4. The predicted octanol–water partition coefficient (Wildman–Crippen LogP) is 5.26. The number of carbonyl (C=O) groups is 3. The number of thiophene rings is 1. The van der Waals surface area contributed by atoms with Gasteiger partial charge in [0.2, 0.25) is 11.8 Å². The molecule has 0 saturated heterocycles. The standard InChI is InChI=1S/C28H26N6O4S/c1-15-13-22(38-17-7-4-3-5-8-17)30-14-21(15)34-20-11-12-29-27-23(20)24(33-28(34)37)25(39-27)26(36)32-19-10-6-9-18(19)31-16(2)35/h3-5,7-8,11-14,18-19H,6,9-10H2,1-2H3,(H,31,35)(H,32,36)(H,33,37)/t18-,19+/m0/s1. The van der Waals surface area contributed by atoms with Gasteiger partial charge in [0.1, 0.15) is 15.5 Å². The fourth-order valence-electron chi connectivity index (χ4n) is 5.21. The third-order valence-electron chi connectivity index (χ3n) is 6.94. The first-order valence-electron chi connectivity index (χ1n) is 12.7. The van der Waals surface area contributed by atoms with Crippen LogP contribution in [-0.4, -0.2) is 39.9 Å². The molecule has 3 N–H and O–H groups in total. The minimum Gasteiger partial charge on any atom is -0.439 e. The maximum Gasteiger partial charge on any atom is 0.331 e. The molecule has 2 atom stereocenters. The van der Waals surface area contributed by atoms with Gasteiger partial charge in [0.15, 0.2) is 0 Å². The summed E-state index contributed by atoms with van der Waals surface area (Å²) < 4.78 is 5.85. The lowest BCUT2D eigenvalue weighted by molar-refractivity contribution is -0.119. The Bertz CT molecular complexity index is 1600. The molecule has 39 heavy (non-hydrogen) atoms. The number of para-hydroxylation sites is 1. The number of hydrogen-bond acceptors (Lipinski definition) is 7. The first kappa shape index (κ1) is 24.8. The summed E-state index contributed by atoms with van der Waals surface area (Å²) in [4.78, 5) is 49.9. The third kappa shape index (κ3) is 4.65. The van der Waals surface area contributed by atoms with Crippen molar-refractivity contribution in [2.75, 3.05) is 10.2 Å². The van der Waals surface area contributed by atoms with Crippen LogP contribution in [0.4, 0.5) is 21.9 Å². The molecule has 1 fully saturated rings. The molecule has 10 nitrogen and oxygen atoms in total. The highest BCUT2D eigenvalue weighted by Gasteiger charge is 2.35. The molecule has 6 rings (SSSR count). The number of urea groups is 1. The number of aromatic nitrogens is 2. The molecule has 1 aliphatic heterocycles. The highest BCUT2D eigenvalue weighted by Crippen LogP contribution is 2.46. The van der Waals surface area contributed by atoms with Crippen molar-refractivity contribution in [1.29, 1.82) is 0 Å². The summed E-state index contributed by atoms with van der Waals surface area (Å²) in [6.07, 6.45) is 5.73. The highest BCUT2D eigenvalue weighted by molar-refractivity contribution is 7.21. The van der Waals surface area contributed by atoms with Gasteiger partial charge in [-0.15, -0.1) is 11.3 Å². The predicted molar refractivity (Wildman–Crippen MR) is 149 cm³/mol. The van der Waals surface area contributed by atoms with Crippen LogP contribution in [0.2, 0.25) is 0 Å². The van der Waals surface area contributed by atoms with Crippen molar-refractivity contribution in [2.24, 2.45) is 0 Å². The summed E-state index contributed by atoms with van der Waals surface area (Å²) >= 11 is 1.23. The van der Waals surface area contributed by atoms with Crippen LogP contribution in [0.3, 0.4) is 0 Å². The Hall–Kier alpha value is -4.51. The molecule has 0 radical (unpaired) electrons. The molecule has 1 aliphatic carbocycles. The average molecular weight is 543 g/mol. The molecule has 1 saturated carbocycles. The molecule has 198 valence electrons. The van der Waals surface area contributed by atoms with E-state index in [2.05, 4.69) is 25.9 Å². The van der Waals surface area contributed by atoms with Crippen LogP contribution >= 0.6 is 11.3 Å². The fourth-order valence-corrected chi connectivity index (χ4v) is 6.23. The van der Waals surface area contributed by atoms with E-state index in [4.69, 9.17) is 4.74 Å². The Balaban J connectivity index is 1.31. The van der Waals surface area contributed by atoms with E-state index in [0.29, 0.717) is 43.8 Å². The lowest BCUT2D eigenvalue weighted by atomic mass is 10.1. The number of carbonyl (C=O) groups excluding carboxylic acids is 3. The van der Waals surface area contributed by atoms with Crippen molar-refractivity contribution in [3.05, 3.63) is 65.3 Å². The fraction of sp³-hybridized carbons (Fsp3) is 0.250. The second-order valence-electron chi connectivity index (χ2n) is 9.62. The maximum atomic E-state index is 13.5. The molecule has 4 amide bonds. The number of rotatable bonds is 6. The van der Waals surface area contributed by atoms with Crippen molar-refractivity contribution < 1.29 is 19.1 Å². The summed E-state index contributed by atoms with van der Waals surface area (Å²) in [5.41, 5.74) is 2.44. The zero-order valence-corrected chi connectivity index (χ0v) is 22.2. The molecule has 11 heteroatoms. The lowest BCUT2D eigenvalue weighted by Crippen LogP contribution is -2.48. The van der Waals surface area contributed by atoms with Gasteiger partial charge in [-0.2, -0.15) is 0 Å². The van der Waals surface area contributed by atoms with Crippen molar-refractivity contribution in [3.63, 3.8) is 0 Å². The number of pyridine rings is 2. The van der Waals surface area contributed by atoms with Gasteiger partial charge in [0, 0.05) is 31.3 Å². The van der Waals surface area contributed by atoms with Gasteiger partial charge in [-0.25, -0.2) is 14.8 Å². The average Bonchev–Trinajstić information content (AvgIpc) is 3.50. The molecule has 2 aliphatic rings. The highest BCUT2D eigenvalue weighted by atomic mass is 32.1. The molecular weight excluding hydrogens is 516 g/mol. The van der Waals surface area contributed by atoms with Gasteiger partial charge in [0.25, 0.3) is 5.91 Å². The second-order valence-corrected chi connectivity index (χ2v) is 10.6. The molecule has 1 aromatic carbocycles. The van der Waals surface area contributed by atoms with E-state index in [-0.39, 0.29) is 23.9 Å². The van der Waals surface area contributed by atoms with Crippen LogP contribution in [0.1, 0.15) is 41.4 Å². The number of ether oxygens (including phenoxy) is 1. The number of aryl methyl sites for hydroxylation is 1. The van der Waals surface area contributed by atoms with Crippen LogP contribution in [0.25, 0.3) is 10.2 Å². The number of benzene rings is 1. The minimum atomic E-state index is -0.402. The minimum absolute atomic E-state index is 0.111. The van der Waals surface area contributed by atoms with Crippen molar-refractivity contribution in [1.82, 2.24) is 20.6 Å². The van der Waals surface area contributed by atoms with Crippen molar-refractivity contribution >= 4 is 56.5 Å². The molecule has 4 heterocycles. The normalized spacial score (nSPS) is 18.1. The first-order valence-corrected chi connectivity index (χ1v) is 13.5. The summed E-state index contributed by atoms with van der Waals surface area (Å²) in [7, 11) is 0. The van der Waals surface area contributed by atoms with E-state index in [1.807, 2.05) is 37.3 Å². The molecular formula is C28H26N6O4S. The molecule has 0 bridgehead atoms. The van der Waals surface area contributed by atoms with E-state index < -0.39 is 6.03 Å². The molecule has 0 unspecified atom stereocenters. The molecule has 3 aromatic heterocycles. The Morgan fingerprint density at radius 1 is 1.08 bits per heavy atom. The number of nitrogens with zero attached hydrogens (tertiary/aromatic N) is 3. The van der Waals surface area contributed by atoms with Crippen LogP contribution in [0.5, 0.6) is 11.6 Å². The second kappa shape index (κ2) is 9.99. The first-order chi connectivity index (χ1) is 18.9. The van der Waals surface area contributed by atoms with Gasteiger partial charge in [0.05, 0.1) is 28.6 Å². The zero-order valence-electron chi connectivity index (χ0n) is 21.4. The van der Waals surface area contributed by atoms with E-state index in [1.54, 1.807) is 29.4 Å². The maximum absolute atomic E-state index is 13.5. The summed E-state index contributed by atoms with van der Waals surface area (Å²) in [5.74, 6) is 0.664. The molecule has 0 spiro atoms. The monoisotopic (exact) mass is 542 g/mol. The Morgan fingerprint density at radius 3 is 2.59 bits per heavy atom. The summed E-state index contributed by atoms with van der Waals surface area (Å²) in [6, 6.07) is 12.2. The zero-order chi connectivity index (χ0) is 27.1. The van der Waals surface area contributed by atoms with Gasteiger partial charge in [-0.05, 0) is 49.9 Å². The van der Waals surface area contributed by atoms with Gasteiger partial charge in [-0.3, -0.25) is 14.5 Å².